The molecule has 0 N–H and O–H groups in total. The van der Waals surface area contributed by atoms with Gasteiger partial charge >= 0.3 is 0 Å². The maximum Gasteiger partial charge on any atom is -0.0208 e. The van der Waals surface area contributed by atoms with Gasteiger partial charge in [-0.05, 0) is 30.6 Å². The highest BCUT2D eigenvalue weighted by atomic mass is 14.3. The topological polar surface area (TPSA) is 0 Å². The quantitative estimate of drug-likeness (QED) is 0.471. The van der Waals surface area contributed by atoms with E-state index < -0.39 is 0 Å². The zero-order valence-corrected chi connectivity index (χ0v) is 6.43. The monoisotopic (exact) mass is 124 g/mol. The van der Waals surface area contributed by atoms with E-state index in [1.807, 2.05) is 0 Å². The second-order valence-electron chi connectivity index (χ2n) is 3.45. The first-order chi connectivity index (χ1) is 4.24. The van der Waals surface area contributed by atoms with Crippen molar-refractivity contribution in [3.63, 3.8) is 0 Å². The molecule has 1 fully saturated rings. The molecule has 0 radical (unpaired) electrons. The predicted octanol–water partition coefficient (Wildman–Crippen LogP) is 2.85. The second kappa shape index (κ2) is 2.55. The number of hydrogen-bond donors (Lipinski definition) is 0. The Balaban J connectivity index is 2.47. The fraction of sp³-hybridized carbons (Fsp3) is 0.778. The van der Waals surface area contributed by atoms with Crippen LogP contribution in [0.25, 0.3) is 0 Å². The number of rotatable bonds is 1. The highest BCUT2D eigenvalue weighted by molar-refractivity contribution is 4.89. The molecule has 0 amide bonds. The molecule has 0 aliphatic heterocycles. The minimum absolute atomic E-state index is 0.806. The van der Waals surface area contributed by atoms with E-state index >= 15 is 0 Å². The standard InChI is InChI=1S/C9H16/c1-4-9-6-7(2)5-8(9)3/h4,7-9H,1,5-6H2,2-3H3. The number of allylic oxidation sites excluding steroid dienone is 1. The Bertz CT molecular complexity index is 105. The molecule has 0 saturated heterocycles. The fourth-order valence-corrected chi connectivity index (χ4v) is 1.93. The van der Waals surface area contributed by atoms with E-state index in [-0.39, 0.29) is 0 Å². The normalized spacial score (nSPS) is 43.1. The van der Waals surface area contributed by atoms with Crippen LogP contribution in [0.15, 0.2) is 12.7 Å². The van der Waals surface area contributed by atoms with Gasteiger partial charge in [-0.15, -0.1) is 6.58 Å². The van der Waals surface area contributed by atoms with Crippen LogP contribution >= 0.6 is 0 Å². The average molecular weight is 124 g/mol. The maximum atomic E-state index is 3.83. The molecule has 1 aliphatic carbocycles. The van der Waals surface area contributed by atoms with Crippen LogP contribution in [-0.2, 0) is 0 Å². The Morgan fingerprint density at radius 1 is 1.33 bits per heavy atom. The third kappa shape index (κ3) is 1.35. The van der Waals surface area contributed by atoms with Crippen molar-refractivity contribution >= 4 is 0 Å². The molecule has 1 rings (SSSR count). The molecule has 0 aromatic rings. The molecule has 3 atom stereocenters. The van der Waals surface area contributed by atoms with Crippen molar-refractivity contribution in [3.05, 3.63) is 12.7 Å². The highest BCUT2D eigenvalue weighted by Gasteiger charge is 2.25. The SMILES string of the molecule is C=CC1CC(C)CC1C. The summed E-state index contributed by atoms with van der Waals surface area (Å²) < 4.78 is 0. The van der Waals surface area contributed by atoms with E-state index in [2.05, 4.69) is 26.5 Å². The van der Waals surface area contributed by atoms with Crippen LogP contribution in [0, 0.1) is 17.8 Å². The molecule has 9 heavy (non-hydrogen) atoms. The molecule has 0 heteroatoms. The van der Waals surface area contributed by atoms with Gasteiger partial charge < -0.3 is 0 Å². The van der Waals surface area contributed by atoms with Crippen molar-refractivity contribution in [1.82, 2.24) is 0 Å². The lowest BCUT2D eigenvalue weighted by molar-refractivity contribution is 0.502. The molecule has 1 aliphatic rings. The van der Waals surface area contributed by atoms with Gasteiger partial charge in [-0.25, -0.2) is 0 Å². The van der Waals surface area contributed by atoms with E-state index in [0.717, 1.165) is 17.8 Å². The zero-order valence-electron chi connectivity index (χ0n) is 6.43. The van der Waals surface area contributed by atoms with Gasteiger partial charge in [0, 0.05) is 0 Å². The first-order valence-electron chi connectivity index (χ1n) is 3.86. The molecule has 3 unspecified atom stereocenters. The smallest absolute Gasteiger partial charge is 0.0208 e. The predicted molar refractivity (Wildman–Crippen MR) is 41.2 cm³/mol. The molecule has 52 valence electrons. The van der Waals surface area contributed by atoms with Gasteiger partial charge in [-0.3, -0.25) is 0 Å². The van der Waals surface area contributed by atoms with Gasteiger partial charge in [0.1, 0.15) is 0 Å². The molecule has 0 aromatic heterocycles. The molecule has 0 aromatic carbocycles. The summed E-state index contributed by atoms with van der Waals surface area (Å²) in [6, 6.07) is 0. The van der Waals surface area contributed by atoms with Crippen molar-refractivity contribution in [2.24, 2.45) is 17.8 Å². The third-order valence-electron chi connectivity index (χ3n) is 2.48. The summed E-state index contributed by atoms with van der Waals surface area (Å²) in [5.74, 6) is 2.63. The lowest BCUT2D eigenvalue weighted by Gasteiger charge is -2.06. The van der Waals surface area contributed by atoms with Crippen LogP contribution in [0.3, 0.4) is 0 Å². The summed E-state index contributed by atoms with van der Waals surface area (Å²) in [5.41, 5.74) is 0. The van der Waals surface area contributed by atoms with Crippen LogP contribution in [-0.4, -0.2) is 0 Å². The summed E-state index contributed by atoms with van der Waals surface area (Å²) in [6.07, 6.45) is 4.88. The first-order valence-corrected chi connectivity index (χ1v) is 3.86. The summed E-state index contributed by atoms with van der Waals surface area (Å²) in [7, 11) is 0. The molecule has 1 saturated carbocycles. The van der Waals surface area contributed by atoms with Crippen LogP contribution < -0.4 is 0 Å². The van der Waals surface area contributed by atoms with E-state index in [1.54, 1.807) is 0 Å². The molecular weight excluding hydrogens is 108 g/mol. The Morgan fingerprint density at radius 2 is 2.00 bits per heavy atom. The minimum atomic E-state index is 0.806. The summed E-state index contributed by atoms with van der Waals surface area (Å²) in [4.78, 5) is 0. The van der Waals surface area contributed by atoms with Crippen molar-refractivity contribution in [1.29, 1.82) is 0 Å². The van der Waals surface area contributed by atoms with Crippen LogP contribution in [0.4, 0.5) is 0 Å². The minimum Gasteiger partial charge on any atom is -0.103 e. The second-order valence-corrected chi connectivity index (χ2v) is 3.45. The van der Waals surface area contributed by atoms with Gasteiger partial charge in [0.05, 0.1) is 0 Å². The first kappa shape index (κ1) is 6.85. The zero-order chi connectivity index (χ0) is 6.85. The van der Waals surface area contributed by atoms with Crippen molar-refractivity contribution in [3.8, 4) is 0 Å². The van der Waals surface area contributed by atoms with Gasteiger partial charge in [0.2, 0.25) is 0 Å². The Hall–Kier alpha value is -0.260. The fourth-order valence-electron chi connectivity index (χ4n) is 1.93. The van der Waals surface area contributed by atoms with E-state index in [4.69, 9.17) is 0 Å². The molecule has 0 nitrogen and oxygen atoms in total. The largest absolute Gasteiger partial charge is 0.103 e. The van der Waals surface area contributed by atoms with Crippen molar-refractivity contribution in [2.75, 3.05) is 0 Å². The van der Waals surface area contributed by atoms with Crippen molar-refractivity contribution < 1.29 is 0 Å². The Labute approximate surface area is 58.0 Å². The third-order valence-corrected chi connectivity index (χ3v) is 2.48. The lowest BCUT2D eigenvalue weighted by atomic mass is 9.99. The molecule has 0 heterocycles. The van der Waals surface area contributed by atoms with Gasteiger partial charge in [-0.2, -0.15) is 0 Å². The van der Waals surface area contributed by atoms with Gasteiger partial charge in [0.25, 0.3) is 0 Å². The van der Waals surface area contributed by atoms with E-state index in [9.17, 15) is 0 Å². The molecular formula is C9H16. The van der Waals surface area contributed by atoms with Crippen molar-refractivity contribution in [2.45, 2.75) is 26.7 Å². The average Bonchev–Trinajstić information content (AvgIpc) is 2.10. The van der Waals surface area contributed by atoms with Gasteiger partial charge in [0.15, 0.2) is 0 Å². The summed E-state index contributed by atoms with van der Waals surface area (Å²) in [5, 5.41) is 0. The molecule has 0 bridgehead atoms. The lowest BCUT2D eigenvalue weighted by Crippen LogP contribution is -1.97. The summed E-state index contributed by atoms with van der Waals surface area (Å²) in [6.45, 7) is 8.49. The van der Waals surface area contributed by atoms with Gasteiger partial charge in [-0.1, -0.05) is 19.9 Å². The van der Waals surface area contributed by atoms with E-state index in [1.165, 1.54) is 12.8 Å². The number of hydrogen-bond acceptors (Lipinski definition) is 0. The molecule has 0 spiro atoms. The highest BCUT2D eigenvalue weighted by Crippen LogP contribution is 2.35. The van der Waals surface area contributed by atoms with Crippen LogP contribution in [0.5, 0.6) is 0 Å². The Morgan fingerprint density at radius 3 is 2.22 bits per heavy atom. The maximum absolute atomic E-state index is 3.83. The van der Waals surface area contributed by atoms with Crippen LogP contribution in [0.2, 0.25) is 0 Å². The van der Waals surface area contributed by atoms with Crippen LogP contribution in [0.1, 0.15) is 26.7 Å². The Kier molecular flexibility index (Phi) is 1.94. The van der Waals surface area contributed by atoms with E-state index in [0.29, 0.717) is 0 Å². The summed E-state index contributed by atoms with van der Waals surface area (Å²) >= 11 is 0.